The number of hydrogen-bond acceptors (Lipinski definition) is 2. The molecule has 0 amide bonds. The first kappa shape index (κ1) is 8.21. The van der Waals surface area contributed by atoms with Gasteiger partial charge in [0, 0.05) is 19.0 Å². The summed E-state index contributed by atoms with van der Waals surface area (Å²) >= 11 is 0. The molecule has 0 heterocycles. The van der Waals surface area contributed by atoms with Crippen molar-refractivity contribution in [1.29, 1.82) is 0 Å². The second kappa shape index (κ2) is 4.13. The summed E-state index contributed by atoms with van der Waals surface area (Å²) in [6, 6.07) is 0. The van der Waals surface area contributed by atoms with Crippen LogP contribution < -0.4 is 5.73 Å². The minimum atomic E-state index is 0.419. The molecule has 0 bridgehead atoms. The van der Waals surface area contributed by atoms with E-state index in [-0.39, 0.29) is 0 Å². The SMILES string of the molecule is CN=CC=C(N)C(C)C. The monoisotopic (exact) mass is 126 g/mol. The predicted octanol–water partition coefficient (Wildman–Crippen LogP) is 1.19. The van der Waals surface area contributed by atoms with Crippen LogP contribution in [0.15, 0.2) is 16.8 Å². The zero-order valence-electron chi connectivity index (χ0n) is 6.26. The van der Waals surface area contributed by atoms with Gasteiger partial charge in [0.15, 0.2) is 0 Å². The number of nitrogens with zero attached hydrogens (tertiary/aromatic N) is 1. The number of hydrogen-bond donors (Lipinski definition) is 1. The molecule has 0 fully saturated rings. The highest BCUT2D eigenvalue weighted by Crippen LogP contribution is 1.99. The summed E-state index contributed by atoms with van der Waals surface area (Å²) in [6.07, 6.45) is 3.53. The molecule has 9 heavy (non-hydrogen) atoms. The summed E-state index contributed by atoms with van der Waals surface area (Å²) in [5.41, 5.74) is 6.45. The fraction of sp³-hybridized carbons (Fsp3) is 0.571. The standard InChI is InChI=1S/C7H14N2/c1-6(2)7(8)4-5-9-3/h4-6H,8H2,1-3H3. The first-order chi connectivity index (χ1) is 4.18. The van der Waals surface area contributed by atoms with Gasteiger partial charge in [0.05, 0.1) is 0 Å². The van der Waals surface area contributed by atoms with Gasteiger partial charge < -0.3 is 5.73 Å². The van der Waals surface area contributed by atoms with Crippen LogP contribution in [-0.2, 0) is 0 Å². The van der Waals surface area contributed by atoms with Gasteiger partial charge >= 0.3 is 0 Å². The zero-order chi connectivity index (χ0) is 7.28. The third-order valence-electron chi connectivity index (χ3n) is 1.08. The molecule has 0 aromatic rings. The van der Waals surface area contributed by atoms with Crippen molar-refractivity contribution in [3.8, 4) is 0 Å². The van der Waals surface area contributed by atoms with E-state index < -0.39 is 0 Å². The molecule has 2 nitrogen and oxygen atoms in total. The smallest absolute Gasteiger partial charge is 0.0277 e. The Morgan fingerprint density at radius 2 is 2.11 bits per heavy atom. The second-order valence-electron chi connectivity index (χ2n) is 2.23. The van der Waals surface area contributed by atoms with Crippen molar-refractivity contribution in [3.63, 3.8) is 0 Å². The molecule has 0 saturated heterocycles. The van der Waals surface area contributed by atoms with Crippen LogP contribution in [0.1, 0.15) is 13.8 Å². The molecule has 2 heteroatoms. The lowest BCUT2D eigenvalue weighted by Gasteiger charge is -2.01. The van der Waals surface area contributed by atoms with E-state index in [1.165, 1.54) is 0 Å². The van der Waals surface area contributed by atoms with Gasteiger partial charge in [-0.3, -0.25) is 4.99 Å². The number of rotatable bonds is 2. The molecule has 0 aliphatic rings. The summed E-state index contributed by atoms with van der Waals surface area (Å²) in [5.74, 6) is 0.419. The summed E-state index contributed by atoms with van der Waals surface area (Å²) in [7, 11) is 1.73. The zero-order valence-corrected chi connectivity index (χ0v) is 6.26. The maximum absolute atomic E-state index is 5.57. The Balaban J connectivity index is 3.84. The van der Waals surface area contributed by atoms with Crippen LogP contribution in [-0.4, -0.2) is 13.3 Å². The van der Waals surface area contributed by atoms with Crippen molar-refractivity contribution in [2.75, 3.05) is 7.05 Å². The van der Waals surface area contributed by atoms with E-state index in [1.807, 2.05) is 6.08 Å². The lowest BCUT2D eigenvalue weighted by molar-refractivity contribution is 0.759. The predicted molar refractivity (Wildman–Crippen MR) is 41.5 cm³/mol. The van der Waals surface area contributed by atoms with E-state index >= 15 is 0 Å². The highest BCUT2D eigenvalue weighted by molar-refractivity contribution is 5.71. The summed E-state index contributed by atoms with van der Waals surface area (Å²) < 4.78 is 0. The van der Waals surface area contributed by atoms with Crippen molar-refractivity contribution in [2.45, 2.75) is 13.8 Å². The van der Waals surface area contributed by atoms with Gasteiger partial charge in [0.25, 0.3) is 0 Å². The molecule has 2 N–H and O–H groups in total. The van der Waals surface area contributed by atoms with Crippen molar-refractivity contribution in [3.05, 3.63) is 11.8 Å². The Morgan fingerprint density at radius 3 is 2.44 bits per heavy atom. The minimum absolute atomic E-state index is 0.419. The highest BCUT2D eigenvalue weighted by Gasteiger charge is 1.92. The number of allylic oxidation sites excluding steroid dienone is 2. The molecule has 0 aliphatic carbocycles. The topological polar surface area (TPSA) is 38.4 Å². The number of aliphatic imine (C=N–C) groups is 1. The molecular formula is C7H14N2. The Hall–Kier alpha value is -0.790. The van der Waals surface area contributed by atoms with E-state index in [2.05, 4.69) is 18.8 Å². The Bertz CT molecular complexity index is 123. The molecule has 52 valence electrons. The Kier molecular flexibility index (Phi) is 3.76. The first-order valence-electron chi connectivity index (χ1n) is 3.06. The average Bonchev–Trinajstić information content (AvgIpc) is 1.82. The fourth-order valence-electron chi connectivity index (χ4n) is 0.353. The van der Waals surface area contributed by atoms with E-state index in [9.17, 15) is 0 Å². The van der Waals surface area contributed by atoms with Gasteiger partial charge in [-0.1, -0.05) is 13.8 Å². The van der Waals surface area contributed by atoms with Gasteiger partial charge in [-0.15, -0.1) is 0 Å². The molecule has 0 saturated carbocycles. The first-order valence-corrected chi connectivity index (χ1v) is 3.06. The van der Waals surface area contributed by atoms with Gasteiger partial charge in [-0.25, -0.2) is 0 Å². The normalized spacial score (nSPS) is 13.6. The van der Waals surface area contributed by atoms with Crippen molar-refractivity contribution in [2.24, 2.45) is 16.6 Å². The maximum atomic E-state index is 5.57. The van der Waals surface area contributed by atoms with Gasteiger partial charge in [-0.2, -0.15) is 0 Å². The fourth-order valence-corrected chi connectivity index (χ4v) is 0.353. The molecule has 0 unspecified atom stereocenters. The minimum Gasteiger partial charge on any atom is -0.402 e. The van der Waals surface area contributed by atoms with Gasteiger partial charge in [0.1, 0.15) is 0 Å². The van der Waals surface area contributed by atoms with Gasteiger partial charge in [0.2, 0.25) is 0 Å². The van der Waals surface area contributed by atoms with Crippen LogP contribution in [0.2, 0.25) is 0 Å². The Morgan fingerprint density at radius 1 is 1.56 bits per heavy atom. The Labute approximate surface area is 56.5 Å². The molecule has 0 spiro atoms. The molecular weight excluding hydrogens is 112 g/mol. The maximum Gasteiger partial charge on any atom is 0.0277 e. The van der Waals surface area contributed by atoms with Crippen LogP contribution in [0.5, 0.6) is 0 Å². The molecule has 0 rings (SSSR count). The van der Waals surface area contributed by atoms with Gasteiger partial charge in [-0.05, 0) is 12.0 Å². The van der Waals surface area contributed by atoms with Crippen LogP contribution in [0.25, 0.3) is 0 Å². The molecule has 0 aromatic heterocycles. The van der Waals surface area contributed by atoms with Crippen LogP contribution in [0.3, 0.4) is 0 Å². The average molecular weight is 126 g/mol. The third kappa shape index (κ3) is 3.76. The van der Waals surface area contributed by atoms with Crippen molar-refractivity contribution >= 4 is 6.21 Å². The van der Waals surface area contributed by atoms with Crippen molar-refractivity contribution < 1.29 is 0 Å². The van der Waals surface area contributed by atoms with Crippen LogP contribution in [0, 0.1) is 5.92 Å². The van der Waals surface area contributed by atoms with Crippen LogP contribution in [0.4, 0.5) is 0 Å². The summed E-state index contributed by atoms with van der Waals surface area (Å²) in [4.78, 5) is 3.78. The molecule has 0 aromatic carbocycles. The van der Waals surface area contributed by atoms with Crippen LogP contribution >= 0.6 is 0 Å². The van der Waals surface area contributed by atoms with E-state index in [4.69, 9.17) is 5.73 Å². The summed E-state index contributed by atoms with van der Waals surface area (Å²) in [5, 5.41) is 0. The third-order valence-corrected chi connectivity index (χ3v) is 1.08. The second-order valence-corrected chi connectivity index (χ2v) is 2.23. The van der Waals surface area contributed by atoms with E-state index in [1.54, 1.807) is 13.3 Å². The lowest BCUT2D eigenvalue weighted by Crippen LogP contribution is -2.04. The molecule has 0 atom stereocenters. The van der Waals surface area contributed by atoms with E-state index in [0.29, 0.717) is 5.92 Å². The molecule has 0 aliphatic heterocycles. The molecule has 0 radical (unpaired) electrons. The largest absolute Gasteiger partial charge is 0.402 e. The van der Waals surface area contributed by atoms with E-state index in [0.717, 1.165) is 5.70 Å². The lowest BCUT2D eigenvalue weighted by atomic mass is 10.1. The van der Waals surface area contributed by atoms with Crippen molar-refractivity contribution in [1.82, 2.24) is 0 Å². The summed E-state index contributed by atoms with van der Waals surface area (Å²) in [6.45, 7) is 4.10. The quantitative estimate of drug-likeness (QED) is 0.554. The highest BCUT2D eigenvalue weighted by atomic mass is 14.6. The number of nitrogens with two attached hydrogens (primary N) is 1.